The maximum Gasteiger partial charge on any atom is 0.325 e. The molecule has 0 spiro atoms. The van der Waals surface area contributed by atoms with Gasteiger partial charge in [-0.2, -0.15) is 0 Å². The van der Waals surface area contributed by atoms with Gasteiger partial charge >= 0.3 is 6.03 Å². The quantitative estimate of drug-likeness (QED) is 0.795. The number of fused-ring (bicyclic) bond motifs is 1. The lowest BCUT2D eigenvalue weighted by Gasteiger charge is -2.28. The molecule has 0 unspecified atom stereocenters. The van der Waals surface area contributed by atoms with Crippen molar-refractivity contribution in [1.82, 2.24) is 4.90 Å². The first kappa shape index (κ1) is 15.4. The highest BCUT2D eigenvalue weighted by atomic mass is 35.5. The summed E-state index contributed by atoms with van der Waals surface area (Å²) >= 11 is 5.96. The Labute approximate surface area is 136 Å². The van der Waals surface area contributed by atoms with Crippen LogP contribution < -0.4 is 4.90 Å². The van der Waals surface area contributed by atoms with Crippen molar-refractivity contribution in [2.24, 2.45) is 5.92 Å². The number of nitrogens with zero attached hydrogens (tertiary/aromatic N) is 2. The van der Waals surface area contributed by atoms with Crippen LogP contribution in [0, 0.1) is 5.92 Å². The molecule has 0 bridgehead atoms. The van der Waals surface area contributed by atoms with Crippen LogP contribution in [0.2, 0.25) is 5.02 Å². The van der Waals surface area contributed by atoms with Gasteiger partial charge in [-0.25, -0.2) is 4.79 Å². The molecule has 22 heavy (non-hydrogen) atoms. The maximum absolute atomic E-state index is 12.9. The molecule has 3 rings (SSSR count). The molecule has 1 saturated heterocycles. The number of amides is 2. The van der Waals surface area contributed by atoms with Gasteiger partial charge in [-0.1, -0.05) is 37.6 Å². The Morgan fingerprint density at radius 1 is 1.23 bits per heavy atom. The van der Waals surface area contributed by atoms with Gasteiger partial charge in [0.15, 0.2) is 0 Å². The Bertz CT molecular complexity index is 585. The third-order valence-electron chi connectivity index (χ3n) is 4.23. The summed E-state index contributed by atoms with van der Waals surface area (Å²) in [7, 11) is 1.69. The molecule has 1 aliphatic heterocycles. The number of rotatable bonds is 4. The maximum atomic E-state index is 12.9. The molecule has 1 heterocycles. The van der Waals surface area contributed by atoms with E-state index in [9.17, 15) is 4.79 Å². The number of halogens is 1. The molecule has 118 valence electrons. The van der Waals surface area contributed by atoms with Crippen LogP contribution in [0.4, 0.5) is 10.5 Å². The first-order valence-corrected chi connectivity index (χ1v) is 7.97. The second-order valence-corrected chi connectivity index (χ2v) is 6.68. The van der Waals surface area contributed by atoms with Crippen LogP contribution in [-0.2, 0) is 4.74 Å². The van der Waals surface area contributed by atoms with Crippen LogP contribution in [0.15, 0.2) is 36.4 Å². The first-order valence-electron chi connectivity index (χ1n) is 7.59. The molecule has 1 aliphatic carbocycles. The summed E-state index contributed by atoms with van der Waals surface area (Å²) in [6, 6.07) is 7.51. The third-order valence-corrected chi connectivity index (χ3v) is 4.49. The molecule has 1 aromatic carbocycles. The number of anilines is 1. The van der Waals surface area contributed by atoms with Crippen molar-refractivity contribution in [2.75, 3.05) is 18.6 Å². The minimum absolute atomic E-state index is 0.0115. The van der Waals surface area contributed by atoms with Crippen LogP contribution in [0.3, 0.4) is 0 Å². The highest BCUT2D eigenvalue weighted by Gasteiger charge is 2.51. The standard InChI is InChI=1S/C17H21ClN2O2/c1-11(2)10-19-16-14(8-9-15(16)22-3)20(17(19)21)13-6-4-12(18)5-7-13/h4-9,11,14-16H,10H2,1-3H3/t14-,15-,16-/m0/s1. The normalized spacial score (nSPS) is 27.1. The van der Waals surface area contributed by atoms with Gasteiger partial charge in [0.1, 0.15) is 0 Å². The van der Waals surface area contributed by atoms with Gasteiger partial charge < -0.3 is 9.64 Å². The molecular formula is C17H21ClN2O2. The van der Waals surface area contributed by atoms with Gasteiger partial charge in [-0.05, 0) is 30.2 Å². The molecule has 0 aromatic heterocycles. The molecule has 4 nitrogen and oxygen atoms in total. The molecule has 1 fully saturated rings. The van der Waals surface area contributed by atoms with Gasteiger partial charge in [0.25, 0.3) is 0 Å². The Hall–Kier alpha value is -1.52. The largest absolute Gasteiger partial charge is 0.375 e. The van der Waals surface area contributed by atoms with E-state index in [1.807, 2.05) is 34.1 Å². The Kier molecular flexibility index (Phi) is 4.15. The van der Waals surface area contributed by atoms with Crippen molar-refractivity contribution in [1.29, 1.82) is 0 Å². The van der Waals surface area contributed by atoms with E-state index in [0.717, 1.165) is 12.2 Å². The van der Waals surface area contributed by atoms with Crippen LogP contribution in [0.25, 0.3) is 0 Å². The summed E-state index contributed by atoms with van der Waals surface area (Å²) in [6.07, 6.45) is 4.08. The first-order chi connectivity index (χ1) is 10.5. The molecule has 2 aliphatic rings. The van der Waals surface area contributed by atoms with E-state index in [1.165, 1.54) is 0 Å². The second kappa shape index (κ2) is 5.94. The number of benzene rings is 1. The third kappa shape index (κ3) is 2.50. The monoisotopic (exact) mass is 320 g/mol. The molecule has 2 amide bonds. The zero-order chi connectivity index (χ0) is 15.9. The van der Waals surface area contributed by atoms with Crippen molar-refractivity contribution >= 4 is 23.3 Å². The van der Waals surface area contributed by atoms with E-state index in [4.69, 9.17) is 16.3 Å². The zero-order valence-electron chi connectivity index (χ0n) is 13.1. The van der Waals surface area contributed by atoms with E-state index in [-0.39, 0.29) is 24.2 Å². The zero-order valence-corrected chi connectivity index (χ0v) is 13.8. The van der Waals surface area contributed by atoms with E-state index < -0.39 is 0 Å². The SMILES string of the molecule is CO[C@H]1C=C[C@H]2[C@@H]1N(CC(C)C)C(=O)N2c1ccc(Cl)cc1. The van der Waals surface area contributed by atoms with E-state index in [0.29, 0.717) is 10.9 Å². The fourth-order valence-electron chi connectivity index (χ4n) is 3.33. The molecule has 5 heteroatoms. The summed E-state index contributed by atoms with van der Waals surface area (Å²) in [6.45, 7) is 4.97. The van der Waals surface area contributed by atoms with Crippen LogP contribution >= 0.6 is 11.6 Å². The van der Waals surface area contributed by atoms with Gasteiger partial charge in [0, 0.05) is 24.4 Å². The minimum atomic E-state index is -0.0509. The molecule has 1 aromatic rings. The van der Waals surface area contributed by atoms with Crippen molar-refractivity contribution in [3.63, 3.8) is 0 Å². The molecule has 0 N–H and O–H groups in total. The fraction of sp³-hybridized carbons (Fsp3) is 0.471. The summed E-state index contributed by atoms with van der Waals surface area (Å²) in [5, 5.41) is 0.669. The summed E-state index contributed by atoms with van der Waals surface area (Å²) in [5.41, 5.74) is 0.872. The van der Waals surface area contributed by atoms with Gasteiger partial charge in [0.2, 0.25) is 0 Å². The number of hydrogen-bond donors (Lipinski definition) is 0. The Morgan fingerprint density at radius 3 is 2.50 bits per heavy atom. The summed E-state index contributed by atoms with van der Waals surface area (Å²) in [4.78, 5) is 16.7. The van der Waals surface area contributed by atoms with Crippen molar-refractivity contribution < 1.29 is 9.53 Å². The average molecular weight is 321 g/mol. The van der Waals surface area contributed by atoms with E-state index in [1.54, 1.807) is 7.11 Å². The van der Waals surface area contributed by atoms with Gasteiger partial charge in [-0.15, -0.1) is 0 Å². The minimum Gasteiger partial charge on any atom is -0.375 e. The molecule has 0 radical (unpaired) electrons. The highest BCUT2D eigenvalue weighted by molar-refractivity contribution is 6.30. The van der Waals surface area contributed by atoms with Crippen molar-refractivity contribution in [3.05, 3.63) is 41.4 Å². The molecule has 3 atom stereocenters. The summed E-state index contributed by atoms with van der Waals surface area (Å²) < 4.78 is 5.56. The average Bonchev–Trinajstić information content (AvgIpc) is 3.00. The smallest absolute Gasteiger partial charge is 0.325 e. The Morgan fingerprint density at radius 2 is 1.91 bits per heavy atom. The molecular weight excluding hydrogens is 300 g/mol. The van der Waals surface area contributed by atoms with Crippen molar-refractivity contribution in [3.8, 4) is 0 Å². The van der Waals surface area contributed by atoms with E-state index >= 15 is 0 Å². The van der Waals surface area contributed by atoms with E-state index in [2.05, 4.69) is 26.0 Å². The predicted molar refractivity (Wildman–Crippen MR) is 88.4 cm³/mol. The predicted octanol–water partition coefficient (Wildman–Crippen LogP) is 3.56. The number of urea groups is 1. The lowest BCUT2D eigenvalue weighted by atomic mass is 10.1. The van der Waals surface area contributed by atoms with Crippen LogP contribution in [0.5, 0.6) is 0 Å². The lowest BCUT2D eigenvalue weighted by Crippen LogP contribution is -2.44. The number of hydrogen-bond acceptors (Lipinski definition) is 2. The number of ether oxygens (including phenoxy) is 1. The van der Waals surface area contributed by atoms with Gasteiger partial charge in [0.05, 0.1) is 18.2 Å². The Balaban J connectivity index is 1.96. The lowest BCUT2D eigenvalue weighted by molar-refractivity contribution is 0.0738. The number of methoxy groups -OCH3 is 1. The number of carbonyl (C=O) groups excluding carboxylic acids is 1. The summed E-state index contributed by atoms with van der Waals surface area (Å²) in [5.74, 6) is 0.410. The number of carbonyl (C=O) groups is 1. The topological polar surface area (TPSA) is 32.8 Å². The van der Waals surface area contributed by atoms with Crippen molar-refractivity contribution in [2.45, 2.75) is 32.0 Å². The van der Waals surface area contributed by atoms with Crippen LogP contribution in [0.1, 0.15) is 13.8 Å². The van der Waals surface area contributed by atoms with Crippen LogP contribution in [-0.4, -0.2) is 42.8 Å². The fourth-order valence-corrected chi connectivity index (χ4v) is 3.46. The van der Waals surface area contributed by atoms with Gasteiger partial charge in [-0.3, -0.25) is 4.90 Å². The molecule has 0 saturated carbocycles. The second-order valence-electron chi connectivity index (χ2n) is 6.24. The highest BCUT2D eigenvalue weighted by Crippen LogP contribution is 2.36.